The van der Waals surface area contributed by atoms with Crippen molar-refractivity contribution < 1.29 is 98.1 Å². The van der Waals surface area contributed by atoms with Gasteiger partial charge in [0.1, 0.15) is 40.6 Å². The number of hydrogen-bond donors (Lipinski definition) is 13. The van der Waals surface area contributed by atoms with Gasteiger partial charge in [-0.15, -0.1) is 0 Å². The van der Waals surface area contributed by atoms with E-state index in [0.29, 0.717) is 94.7 Å². The van der Waals surface area contributed by atoms with Crippen molar-refractivity contribution >= 4 is 87.2 Å². The number of nitrogens with one attached hydrogen (secondary N) is 10. The first kappa shape index (κ1) is 77.1. The zero-order chi connectivity index (χ0) is 69.1. The summed E-state index contributed by atoms with van der Waals surface area (Å²) in [5.74, 6) is -10.5. The van der Waals surface area contributed by atoms with Gasteiger partial charge in [-0.3, -0.25) is 68.2 Å². The van der Waals surface area contributed by atoms with Crippen LogP contribution < -0.4 is 63.7 Å². The molecule has 2 heterocycles. The highest BCUT2D eigenvalue weighted by atomic mass is 32.2. The number of nitrogens with zero attached hydrogens (tertiary/aromatic N) is 3. The Morgan fingerprint density at radius 3 is 1.93 bits per heavy atom. The molecule has 0 bridgehead atoms. The maximum Gasteiger partial charge on any atom is 0.471 e. The van der Waals surface area contributed by atoms with Gasteiger partial charge in [-0.2, -0.15) is 26.7 Å². The van der Waals surface area contributed by atoms with E-state index in [9.17, 15) is 79.2 Å². The lowest BCUT2D eigenvalue weighted by molar-refractivity contribution is -0.171. The molecule has 0 unspecified atom stereocenters. The van der Waals surface area contributed by atoms with E-state index < -0.39 is 107 Å². The lowest BCUT2D eigenvalue weighted by Crippen LogP contribution is -2.59. The lowest BCUT2D eigenvalue weighted by Gasteiger charge is -2.27. The SMILES string of the molecule is CC(C)[C@@H]1NC(=O)[C@@H](Cc2ccc(OCCCNC(=O)CCC(=O)NCCCOCCOCCOCCCNC(=O)c3ccc(N/N=C/c4ccccc4S(=O)(=O)O)nc3)cc2)NC(=O)[C@H](CC(=O)O)NC(=O)CNC(=O)[C@H](CCCN=C(N)NC(=O)C(F)(F)F)NC1=O. The number of alkyl halides is 3. The Morgan fingerprint density at radius 2 is 1.33 bits per heavy atom. The number of carbonyl (C=O) groups excluding carboxylic acids is 9. The van der Waals surface area contributed by atoms with Gasteiger partial charge in [0.2, 0.25) is 41.4 Å². The van der Waals surface area contributed by atoms with E-state index in [2.05, 4.69) is 63.0 Å². The number of pyridine rings is 1. The van der Waals surface area contributed by atoms with E-state index in [1.807, 2.05) is 0 Å². The van der Waals surface area contributed by atoms with Crippen LogP contribution in [-0.2, 0) is 73.9 Å². The summed E-state index contributed by atoms with van der Waals surface area (Å²) in [4.78, 5) is 135. The van der Waals surface area contributed by atoms with Gasteiger partial charge < -0.3 is 72.3 Å². The summed E-state index contributed by atoms with van der Waals surface area (Å²) >= 11 is 0. The molecule has 94 heavy (non-hydrogen) atoms. The number of amides is 9. The normalized spacial score (nSPS) is 16.9. The molecule has 14 N–H and O–H groups in total. The quantitative estimate of drug-likeness (QED) is 0.0113. The Balaban J connectivity index is 1.07. The first-order chi connectivity index (χ1) is 44.7. The Morgan fingerprint density at radius 1 is 0.734 bits per heavy atom. The highest BCUT2D eigenvalue weighted by Crippen LogP contribution is 2.17. The minimum absolute atomic E-state index is 0.0306. The van der Waals surface area contributed by atoms with E-state index in [1.54, 1.807) is 44.2 Å². The second-order valence-electron chi connectivity index (χ2n) is 21.0. The number of aliphatic imine (C=N–C) groups is 1. The van der Waals surface area contributed by atoms with E-state index in [1.165, 1.54) is 48.1 Å². The number of guanidine groups is 1. The topological polar surface area (TPSA) is 466 Å². The van der Waals surface area contributed by atoms with Gasteiger partial charge in [0.15, 0.2) is 5.96 Å². The summed E-state index contributed by atoms with van der Waals surface area (Å²) in [7, 11) is -4.43. The number of aliphatic carboxylic acids is 1. The minimum atomic E-state index is -5.24. The second-order valence-corrected chi connectivity index (χ2v) is 22.4. The van der Waals surface area contributed by atoms with Crippen LogP contribution in [0.3, 0.4) is 0 Å². The molecule has 1 saturated heterocycles. The third-order valence-corrected chi connectivity index (χ3v) is 14.1. The van der Waals surface area contributed by atoms with Crippen molar-refractivity contribution in [1.82, 2.24) is 52.8 Å². The number of aromatic nitrogens is 1. The predicted molar refractivity (Wildman–Crippen MR) is 329 cm³/mol. The largest absolute Gasteiger partial charge is 0.494 e. The van der Waals surface area contributed by atoms with Crippen molar-refractivity contribution in [3.8, 4) is 5.75 Å². The molecular weight excluding hydrogens is 1270 g/mol. The molecule has 36 heteroatoms. The Hall–Kier alpha value is -9.39. The first-order valence-corrected chi connectivity index (χ1v) is 31.1. The smallest absolute Gasteiger partial charge is 0.471 e. The van der Waals surface area contributed by atoms with Crippen LogP contribution in [0.5, 0.6) is 5.75 Å². The van der Waals surface area contributed by atoms with E-state index in [0.717, 1.165) is 0 Å². The van der Waals surface area contributed by atoms with Crippen LogP contribution in [0.25, 0.3) is 0 Å². The molecule has 0 aliphatic carbocycles. The van der Waals surface area contributed by atoms with Crippen LogP contribution in [0.15, 0.2) is 81.8 Å². The Bertz CT molecular complexity index is 3200. The lowest BCUT2D eigenvalue weighted by atomic mass is 9.99. The number of benzene rings is 2. The summed E-state index contributed by atoms with van der Waals surface area (Å²) in [5.41, 5.74) is 8.94. The summed E-state index contributed by atoms with van der Waals surface area (Å²) in [6, 6.07) is 9.15. The van der Waals surface area contributed by atoms with Crippen LogP contribution in [0.4, 0.5) is 19.0 Å². The molecule has 0 spiro atoms. The number of nitrogens with two attached hydrogens (primary N) is 1. The summed E-state index contributed by atoms with van der Waals surface area (Å²) in [5, 5.41) is 35.2. The molecule has 516 valence electrons. The number of rotatable bonds is 36. The van der Waals surface area contributed by atoms with Gasteiger partial charge in [-0.25, -0.2) is 4.98 Å². The summed E-state index contributed by atoms with van der Waals surface area (Å²) in [6.07, 6.45) is -2.77. The standard InChI is InChI=1S/C58H79F3N14O18S/c1-36(2)50-55(85)71-41(10-5-20-66-57(62)74-56(86)58(59,60)61)52(82)68-35-48(78)70-43(32-49(79)80)53(83)72-42(54(84)73-50)31-37-12-15-40(16-13-37)93-26-8-22-64-47(77)19-18-46(76)63-21-6-24-90-27-29-92-30-28-91-25-7-23-65-51(81)39-14-17-45(67-33-39)75-69-34-38-9-3-4-11-44(38)94(87,88)89/h3-4,9,11-17,33-34,36,41-43,50H,5-8,10,18-32,35H2,1-2H3,(H,63,76)(H,64,77)(H,65,81)(H,67,75)(H,68,82)(H,70,78)(H,71,85)(H,72,83)(H,73,84)(H,79,80)(H,87,88,89)(H3,62,66,74,86)/b69-34+/t41-,42+,43-,50-/m0/s1. The molecule has 1 aromatic heterocycles. The minimum Gasteiger partial charge on any atom is -0.494 e. The molecule has 4 rings (SSSR count). The number of carbonyl (C=O) groups is 10. The number of halogens is 3. The zero-order valence-electron chi connectivity index (χ0n) is 51.6. The molecule has 1 fully saturated rings. The Labute approximate surface area is 538 Å². The van der Waals surface area contributed by atoms with Crippen molar-refractivity contribution in [1.29, 1.82) is 0 Å². The van der Waals surface area contributed by atoms with Crippen LogP contribution in [-0.4, -0.2) is 204 Å². The molecule has 4 atom stereocenters. The van der Waals surface area contributed by atoms with Crippen LogP contribution >= 0.6 is 0 Å². The van der Waals surface area contributed by atoms with Gasteiger partial charge >= 0.3 is 18.1 Å². The molecular formula is C58H79F3N14O18S. The number of carboxylic acid groups (broad SMARTS) is 1. The predicted octanol–water partition coefficient (Wildman–Crippen LogP) is -0.669. The summed E-state index contributed by atoms with van der Waals surface area (Å²) in [6.45, 7) is 5.21. The van der Waals surface area contributed by atoms with Crippen LogP contribution in [0.2, 0.25) is 0 Å². The monoisotopic (exact) mass is 1350 g/mol. The second kappa shape index (κ2) is 40.6. The number of hydrazone groups is 1. The van der Waals surface area contributed by atoms with Gasteiger partial charge in [0.05, 0.1) is 57.8 Å². The van der Waals surface area contributed by atoms with E-state index >= 15 is 0 Å². The average molecular weight is 1350 g/mol. The molecule has 1 aliphatic rings. The molecule has 1 aliphatic heterocycles. The molecule has 0 saturated carbocycles. The van der Waals surface area contributed by atoms with Crippen molar-refractivity contribution in [3.63, 3.8) is 0 Å². The van der Waals surface area contributed by atoms with Crippen molar-refractivity contribution in [2.24, 2.45) is 21.7 Å². The highest BCUT2D eigenvalue weighted by Gasteiger charge is 2.39. The first-order valence-electron chi connectivity index (χ1n) is 29.7. The third-order valence-electron chi connectivity index (χ3n) is 13.1. The highest BCUT2D eigenvalue weighted by molar-refractivity contribution is 7.86. The number of carboxylic acids is 1. The van der Waals surface area contributed by atoms with Gasteiger partial charge in [0.25, 0.3) is 16.0 Å². The zero-order valence-corrected chi connectivity index (χ0v) is 52.4. The fourth-order valence-electron chi connectivity index (χ4n) is 8.30. The van der Waals surface area contributed by atoms with Crippen molar-refractivity contribution in [3.05, 3.63) is 83.6 Å². The van der Waals surface area contributed by atoms with Crippen molar-refractivity contribution in [2.75, 3.05) is 84.4 Å². The van der Waals surface area contributed by atoms with E-state index in [-0.39, 0.29) is 80.0 Å². The Kier molecular flexibility index (Phi) is 33.2. The number of hydrogen-bond acceptors (Lipinski definition) is 20. The van der Waals surface area contributed by atoms with Crippen LogP contribution in [0, 0.1) is 5.92 Å². The number of anilines is 1. The van der Waals surface area contributed by atoms with Gasteiger partial charge in [-0.1, -0.05) is 44.2 Å². The molecule has 3 aromatic rings. The van der Waals surface area contributed by atoms with Gasteiger partial charge in [-0.05, 0) is 73.9 Å². The molecule has 9 amide bonds. The van der Waals surface area contributed by atoms with Crippen molar-refractivity contribution in [2.45, 2.75) is 107 Å². The number of ether oxygens (including phenoxy) is 4. The third kappa shape index (κ3) is 30.4. The molecule has 32 nitrogen and oxygen atoms in total. The van der Waals surface area contributed by atoms with Gasteiger partial charge in [0, 0.05) is 70.4 Å². The fourth-order valence-corrected chi connectivity index (χ4v) is 8.97. The fraction of sp³-hybridized carbons (Fsp3) is 0.500. The molecule has 2 aromatic carbocycles. The van der Waals surface area contributed by atoms with E-state index in [4.69, 9.17) is 24.7 Å². The van der Waals surface area contributed by atoms with Crippen LogP contribution in [0.1, 0.15) is 86.7 Å². The molecule has 0 radical (unpaired) electrons. The maximum absolute atomic E-state index is 14.0. The average Bonchev–Trinajstić information content (AvgIpc) is 1.07. The summed E-state index contributed by atoms with van der Waals surface area (Å²) < 4.78 is 92.7. The maximum atomic E-state index is 14.0.